The van der Waals surface area contributed by atoms with Gasteiger partial charge in [-0.2, -0.15) is 13.2 Å². The molecule has 1 aromatic heterocycles. The summed E-state index contributed by atoms with van der Waals surface area (Å²) in [6.45, 7) is -0.143. The van der Waals surface area contributed by atoms with Gasteiger partial charge in [0, 0.05) is 32.2 Å². The largest absolute Gasteiger partial charge is 0.435 e. The van der Waals surface area contributed by atoms with E-state index < -0.39 is 41.1 Å². The predicted octanol–water partition coefficient (Wildman–Crippen LogP) is 0.988. The topological polar surface area (TPSA) is 100 Å². The van der Waals surface area contributed by atoms with E-state index in [1.807, 2.05) is 0 Å². The molecule has 4 rings (SSSR count). The molecule has 1 N–H and O–H groups in total. The van der Waals surface area contributed by atoms with Crippen LogP contribution in [0.3, 0.4) is 0 Å². The SMILES string of the molecule is O=C(NC1CC1)C(=O)N1CCN(C(=O)c2nnn(-c3ccc(F)cc3)c2C(F)(F)F)CC1. The molecule has 3 amide bonds. The highest BCUT2D eigenvalue weighted by Crippen LogP contribution is 2.33. The van der Waals surface area contributed by atoms with Crippen molar-refractivity contribution in [1.82, 2.24) is 30.1 Å². The van der Waals surface area contributed by atoms with E-state index in [4.69, 9.17) is 0 Å². The van der Waals surface area contributed by atoms with Gasteiger partial charge in [0.1, 0.15) is 5.82 Å². The van der Waals surface area contributed by atoms with Crippen LogP contribution in [0.2, 0.25) is 0 Å². The molecular weight excluding hydrogens is 436 g/mol. The van der Waals surface area contributed by atoms with Crippen molar-refractivity contribution in [2.24, 2.45) is 0 Å². The fourth-order valence-corrected chi connectivity index (χ4v) is 3.32. The maximum absolute atomic E-state index is 13.8. The van der Waals surface area contributed by atoms with Gasteiger partial charge in [-0.25, -0.2) is 9.07 Å². The Morgan fingerprint density at radius 2 is 1.56 bits per heavy atom. The van der Waals surface area contributed by atoms with E-state index in [0.717, 1.165) is 42.0 Å². The minimum atomic E-state index is -4.96. The van der Waals surface area contributed by atoms with Crippen LogP contribution in [0, 0.1) is 5.82 Å². The molecule has 1 aliphatic carbocycles. The molecule has 0 atom stereocenters. The Labute approximate surface area is 179 Å². The maximum Gasteiger partial charge on any atom is 0.435 e. The minimum Gasteiger partial charge on any atom is -0.345 e. The fourth-order valence-electron chi connectivity index (χ4n) is 3.32. The van der Waals surface area contributed by atoms with Gasteiger partial charge in [0.05, 0.1) is 5.69 Å². The molecule has 0 radical (unpaired) electrons. The molecular formula is C19H18F4N6O3. The lowest BCUT2D eigenvalue weighted by molar-refractivity contribution is -0.146. The number of alkyl halides is 3. The van der Waals surface area contributed by atoms with Gasteiger partial charge in [0.2, 0.25) is 0 Å². The van der Waals surface area contributed by atoms with Crippen LogP contribution in [0.4, 0.5) is 17.6 Å². The summed E-state index contributed by atoms with van der Waals surface area (Å²) in [5.74, 6) is -3.10. The van der Waals surface area contributed by atoms with Gasteiger partial charge in [0.15, 0.2) is 11.4 Å². The highest BCUT2D eigenvalue weighted by atomic mass is 19.4. The number of hydrogen-bond donors (Lipinski definition) is 1. The van der Waals surface area contributed by atoms with Gasteiger partial charge in [-0.05, 0) is 37.1 Å². The van der Waals surface area contributed by atoms with Crippen LogP contribution < -0.4 is 5.32 Å². The monoisotopic (exact) mass is 454 g/mol. The summed E-state index contributed by atoms with van der Waals surface area (Å²) >= 11 is 0. The van der Waals surface area contributed by atoms with E-state index in [9.17, 15) is 31.9 Å². The lowest BCUT2D eigenvalue weighted by Gasteiger charge is -2.34. The number of rotatable bonds is 3. The average molecular weight is 454 g/mol. The molecule has 2 fully saturated rings. The number of piperazine rings is 1. The number of carbonyl (C=O) groups excluding carboxylic acids is 3. The molecule has 1 aliphatic heterocycles. The van der Waals surface area contributed by atoms with E-state index >= 15 is 0 Å². The van der Waals surface area contributed by atoms with E-state index in [0.29, 0.717) is 4.68 Å². The van der Waals surface area contributed by atoms with Crippen molar-refractivity contribution >= 4 is 17.7 Å². The summed E-state index contributed by atoms with van der Waals surface area (Å²) in [5, 5.41) is 9.48. The van der Waals surface area contributed by atoms with Gasteiger partial charge in [-0.3, -0.25) is 14.4 Å². The first kappa shape index (κ1) is 21.7. The van der Waals surface area contributed by atoms with Crippen molar-refractivity contribution in [1.29, 1.82) is 0 Å². The fraction of sp³-hybridized carbons (Fsp3) is 0.421. The van der Waals surface area contributed by atoms with Crippen molar-refractivity contribution in [3.05, 3.63) is 41.5 Å². The average Bonchev–Trinajstić information content (AvgIpc) is 3.45. The Kier molecular flexibility index (Phi) is 5.57. The van der Waals surface area contributed by atoms with Crippen LogP contribution in [-0.2, 0) is 15.8 Å². The lowest BCUT2D eigenvalue weighted by atomic mass is 10.2. The molecule has 0 bridgehead atoms. The second kappa shape index (κ2) is 8.20. The van der Waals surface area contributed by atoms with Crippen LogP contribution in [0.25, 0.3) is 5.69 Å². The van der Waals surface area contributed by atoms with Gasteiger partial charge in [-0.15, -0.1) is 5.10 Å². The van der Waals surface area contributed by atoms with Crippen molar-refractivity contribution in [2.75, 3.05) is 26.2 Å². The molecule has 2 aromatic rings. The lowest BCUT2D eigenvalue weighted by Crippen LogP contribution is -2.54. The van der Waals surface area contributed by atoms with Crippen molar-refractivity contribution < 1.29 is 31.9 Å². The number of carbonyl (C=O) groups is 3. The number of nitrogens with zero attached hydrogens (tertiary/aromatic N) is 5. The van der Waals surface area contributed by atoms with Crippen molar-refractivity contribution in [3.63, 3.8) is 0 Å². The molecule has 2 heterocycles. The van der Waals surface area contributed by atoms with E-state index in [-0.39, 0.29) is 37.9 Å². The number of hydrogen-bond acceptors (Lipinski definition) is 5. The van der Waals surface area contributed by atoms with Gasteiger partial charge in [0.25, 0.3) is 5.91 Å². The molecule has 170 valence electrons. The van der Waals surface area contributed by atoms with E-state index in [1.54, 1.807) is 0 Å². The predicted molar refractivity (Wildman–Crippen MR) is 100.0 cm³/mol. The number of amides is 3. The molecule has 1 aromatic carbocycles. The zero-order chi connectivity index (χ0) is 23.0. The minimum absolute atomic E-state index is 0.00386. The highest BCUT2D eigenvalue weighted by Gasteiger charge is 2.43. The Morgan fingerprint density at radius 3 is 2.12 bits per heavy atom. The van der Waals surface area contributed by atoms with Crippen LogP contribution in [-0.4, -0.2) is 74.7 Å². The third kappa shape index (κ3) is 4.41. The van der Waals surface area contributed by atoms with Crippen molar-refractivity contribution in [3.8, 4) is 5.69 Å². The molecule has 0 spiro atoms. The van der Waals surface area contributed by atoms with Crippen LogP contribution in [0.15, 0.2) is 24.3 Å². The summed E-state index contributed by atoms with van der Waals surface area (Å²) in [7, 11) is 0. The Hall–Kier alpha value is -3.51. The molecule has 9 nitrogen and oxygen atoms in total. The molecule has 2 aliphatic rings. The molecule has 0 unspecified atom stereocenters. The first-order valence-corrected chi connectivity index (χ1v) is 9.83. The third-order valence-electron chi connectivity index (χ3n) is 5.17. The Balaban J connectivity index is 1.49. The third-order valence-corrected chi connectivity index (χ3v) is 5.17. The van der Waals surface area contributed by atoms with Gasteiger partial charge in [-0.1, -0.05) is 5.21 Å². The van der Waals surface area contributed by atoms with E-state index in [1.165, 1.54) is 4.90 Å². The second-order valence-corrected chi connectivity index (χ2v) is 7.50. The zero-order valence-corrected chi connectivity index (χ0v) is 16.6. The number of nitrogens with one attached hydrogen (secondary N) is 1. The highest BCUT2D eigenvalue weighted by molar-refractivity contribution is 6.35. The Bertz CT molecular complexity index is 1040. The summed E-state index contributed by atoms with van der Waals surface area (Å²) in [5.41, 5.74) is -2.38. The molecule has 13 heteroatoms. The Morgan fingerprint density at radius 1 is 0.969 bits per heavy atom. The molecule has 1 saturated heterocycles. The maximum atomic E-state index is 13.8. The van der Waals surface area contributed by atoms with Gasteiger partial charge >= 0.3 is 18.0 Å². The first-order valence-electron chi connectivity index (χ1n) is 9.83. The smallest absolute Gasteiger partial charge is 0.345 e. The van der Waals surface area contributed by atoms with Gasteiger partial charge < -0.3 is 15.1 Å². The number of halogens is 4. The summed E-state index contributed by atoms with van der Waals surface area (Å²) in [6.07, 6.45) is -3.32. The summed E-state index contributed by atoms with van der Waals surface area (Å²) in [4.78, 5) is 39.2. The van der Waals surface area contributed by atoms with Crippen molar-refractivity contribution in [2.45, 2.75) is 25.1 Å². The standard InChI is InChI=1S/C19H18F4N6O3/c20-11-1-5-13(6-2-11)29-15(19(21,22)23)14(25-26-29)17(31)27-7-9-28(10-8-27)18(32)16(30)24-12-3-4-12/h1-2,5-6,12H,3-4,7-10H2,(H,24,30). The zero-order valence-electron chi connectivity index (χ0n) is 16.6. The van der Waals surface area contributed by atoms with Crippen LogP contribution in [0.5, 0.6) is 0 Å². The molecule has 32 heavy (non-hydrogen) atoms. The van der Waals surface area contributed by atoms with Crippen LogP contribution >= 0.6 is 0 Å². The quantitative estimate of drug-likeness (QED) is 0.551. The van der Waals surface area contributed by atoms with Crippen LogP contribution in [0.1, 0.15) is 29.0 Å². The first-order chi connectivity index (χ1) is 15.1. The molecule has 1 saturated carbocycles. The number of benzene rings is 1. The normalized spacial score (nSPS) is 16.8. The second-order valence-electron chi connectivity index (χ2n) is 7.50. The summed E-state index contributed by atoms with van der Waals surface area (Å²) in [6, 6.07) is 4.12. The summed E-state index contributed by atoms with van der Waals surface area (Å²) < 4.78 is 54.8. The number of aromatic nitrogens is 3. The van der Waals surface area contributed by atoms with E-state index in [2.05, 4.69) is 15.6 Å².